The monoisotopic (exact) mass is 508 g/mol. The van der Waals surface area contributed by atoms with Crippen molar-refractivity contribution in [3.63, 3.8) is 0 Å². The molecule has 0 saturated carbocycles. The third-order valence-electron chi connectivity index (χ3n) is 6.70. The molecule has 0 N–H and O–H groups in total. The van der Waals surface area contributed by atoms with Gasteiger partial charge in [0.25, 0.3) is 0 Å². The summed E-state index contributed by atoms with van der Waals surface area (Å²) in [5, 5.41) is 2.94. The SMILES string of the molecule is Clc1ccc2c(c1)c1ccc(-c3nc(-c4ccccc4)nc(-c4ccccc4)n3)cc1n2-c1ccccc1. The number of rotatable bonds is 4. The number of benzene rings is 5. The first-order valence-electron chi connectivity index (χ1n) is 12.4. The van der Waals surface area contributed by atoms with Crippen LogP contribution in [0.25, 0.3) is 61.7 Å². The first-order chi connectivity index (χ1) is 18.7. The average Bonchev–Trinajstić information content (AvgIpc) is 3.31. The summed E-state index contributed by atoms with van der Waals surface area (Å²) in [6.45, 7) is 0. The van der Waals surface area contributed by atoms with Crippen LogP contribution >= 0.6 is 11.6 Å². The molecule has 2 aromatic heterocycles. The van der Waals surface area contributed by atoms with Crippen molar-refractivity contribution in [2.75, 3.05) is 0 Å². The van der Waals surface area contributed by atoms with Crippen LogP contribution in [0.2, 0.25) is 5.02 Å². The second-order valence-electron chi connectivity index (χ2n) is 9.10. The Labute approximate surface area is 224 Å². The Kier molecular flexibility index (Phi) is 5.46. The topological polar surface area (TPSA) is 43.6 Å². The molecular formula is C33H21ClN4. The molecule has 4 nitrogen and oxygen atoms in total. The van der Waals surface area contributed by atoms with Crippen LogP contribution in [0.15, 0.2) is 127 Å². The van der Waals surface area contributed by atoms with Gasteiger partial charge in [-0.15, -0.1) is 0 Å². The Hall–Kier alpha value is -4.80. The number of aromatic nitrogens is 4. The first kappa shape index (κ1) is 22.4. The Morgan fingerprint density at radius 3 is 1.61 bits per heavy atom. The fourth-order valence-electron chi connectivity index (χ4n) is 4.93. The zero-order valence-corrected chi connectivity index (χ0v) is 21.0. The van der Waals surface area contributed by atoms with Crippen LogP contribution in [0, 0.1) is 0 Å². The van der Waals surface area contributed by atoms with Gasteiger partial charge in [0, 0.05) is 38.2 Å². The van der Waals surface area contributed by atoms with Crippen LogP contribution in [0.3, 0.4) is 0 Å². The number of hydrogen-bond donors (Lipinski definition) is 0. The number of nitrogens with zero attached hydrogens (tertiary/aromatic N) is 4. The molecule has 0 spiro atoms. The summed E-state index contributed by atoms with van der Waals surface area (Å²) in [7, 11) is 0. The molecule has 5 heteroatoms. The lowest BCUT2D eigenvalue weighted by Crippen LogP contribution is -2.00. The standard InChI is InChI=1S/C33H21ClN4/c34-25-17-19-29-28(21-25)27-18-16-24(20-30(27)38(29)26-14-8-3-9-15-26)33-36-31(22-10-4-1-5-11-22)35-32(37-33)23-12-6-2-7-13-23/h1-21H. The molecule has 7 aromatic rings. The predicted molar refractivity (Wildman–Crippen MR) is 155 cm³/mol. The molecule has 0 bridgehead atoms. The molecule has 2 heterocycles. The van der Waals surface area contributed by atoms with Crippen LogP contribution in [0.5, 0.6) is 0 Å². The van der Waals surface area contributed by atoms with Crippen LogP contribution < -0.4 is 0 Å². The second kappa shape index (κ2) is 9.25. The first-order valence-corrected chi connectivity index (χ1v) is 12.8. The Morgan fingerprint density at radius 1 is 0.447 bits per heavy atom. The molecule has 0 radical (unpaired) electrons. The number of halogens is 1. The van der Waals surface area contributed by atoms with Gasteiger partial charge in [-0.25, -0.2) is 15.0 Å². The fraction of sp³-hybridized carbons (Fsp3) is 0. The lowest BCUT2D eigenvalue weighted by molar-refractivity contribution is 1.07. The van der Waals surface area contributed by atoms with Crippen molar-refractivity contribution in [2.24, 2.45) is 0 Å². The highest BCUT2D eigenvalue weighted by molar-refractivity contribution is 6.32. The van der Waals surface area contributed by atoms with E-state index in [1.165, 1.54) is 0 Å². The fourth-order valence-corrected chi connectivity index (χ4v) is 5.10. The van der Waals surface area contributed by atoms with Crippen molar-refractivity contribution in [3.05, 3.63) is 132 Å². The normalized spacial score (nSPS) is 11.3. The predicted octanol–water partition coefficient (Wildman–Crippen LogP) is 8.62. The second-order valence-corrected chi connectivity index (χ2v) is 9.54. The van der Waals surface area contributed by atoms with Crippen LogP contribution in [-0.4, -0.2) is 19.5 Å². The minimum absolute atomic E-state index is 0.627. The van der Waals surface area contributed by atoms with Gasteiger partial charge in [0.2, 0.25) is 0 Å². The van der Waals surface area contributed by atoms with Crippen LogP contribution in [-0.2, 0) is 0 Å². The molecule has 0 saturated heterocycles. The van der Waals surface area contributed by atoms with Crippen LogP contribution in [0.1, 0.15) is 0 Å². The van der Waals surface area contributed by atoms with E-state index in [9.17, 15) is 0 Å². The highest BCUT2D eigenvalue weighted by Crippen LogP contribution is 2.36. The molecule has 0 fully saturated rings. The summed E-state index contributed by atoms with van der Waals surface area (Å²) >= 11 is 6.42. The van der Waals surface area contributed by atoms with Gasteiger partial charge in [-0.1, -0.05) is 103 Å². The quantitative estimate of drug-likeness (QED) is 0.239. The number of hydrogen-bond acceptors (Lipinski definition) is 3. The minimum Gasteiger partial charge on any atom is -0.309 e. The Balaban J connectivity index is 1.49. The average molecular weight is 509 g/mol. The van der Waals surface area contributed by atoms with E-state index in [2.05, 4.69) is 53.1 Å². The van der Waals surface area contributed by atoms with Crippen molar-refractivity contribution in [1.82, 2.24) is 19.5 Å². The van der Waals surface area contributed by atoms with E-state index in [0.29, 0.717) is 22.5 Å². The van der Waals surface area contributed by atoms with E-state index in [-0.39, 0.29) is 0 Å². The van der Waals surface area contributed by atoms with Gasteiger partial charge < -0.3 is 4.57 Å². The van der Waals surface area contributed by atoms with Gasteiger partial charge in [0.1, 0.15) is 0 Å². The van der Waals surface area contributed by atoms with E-state index in [1.54, 1.807) is 0 Å². The van der Waals surface area contributed by atoms with Gasteiger partial charge in [-0.05, 0) is 36.4 Å². The zero-order chi connectivity index (χ0) is 25.5. The van der Waals surface area contributed by atoms with E-state index in [0.717, 1.165) is 44.2 Å². The molecule has 180 valence electrons. The number of para-hydroxylation sites is 1. The lowest BCUT2D eigenvalue weighted by atomic mass is 10.1. The zero-order valence-electron chi connectivity index (χ0n) is 20.3. The summed E-state index contributed by atoms with van der Waals surface area (Å²) in [5.41, 5.74) is 6.05. The van der Waals surface area contributed by atoms with Gasteiger partial charge in [-0.2, -0.15) is 0 Å². The number of fused-ring (bicyclic) bond motifs is 3. The molecule has 0 aliphatic carbocycles. The van der Waals surface area contributed by atoms with Crippen molar-refractivity contribution in [2.45, 2.75) is 0 Å². The summed E-state index contributed by atoms with van der Waals surface area (Å²) in [4.78, 5) is 14.7. The van der Waals surface area contributed by atoms with Crippen molar-refractivity contribution < 1.29 is 0 Å². The van der Waals surface area contributed by atoms with Gasteiger partial charge in [-0.3, -0.25) is 0 Å². The molecule has 0 amide bonds. The van der Waals surface area contributed by atoms with E-state index >= 15 is 0 Å². The van der Waals surface area contributed by atoms with E-state index in [4.69, 9.17) is 26.6 Å². The largest absolute Gasteiger partial charge is 0.309 e. The third kappa shape index (κ3) is 3.92. The van der Waals surface area contributed by atoms with E-state index in [1.807, 2.05) is 78.9 Å². The molecule has 0 aliphatic heterocycles. The van der Waals surface area contributed by atoms with Crippen molar-refractivity contribution in [3.8, 4) is 39.9 Å². The van der Waals surface area contributed by atoms with E-state index < -0.39 is 0 Å². The van der Waals surface area contributed by atoms with Crippen LogP contribution in [0.4, 0.5) is 0 Å². The molecular weight excluding hydrogens is 488 g/mol. The Bertz CT molecular complexity index is 1860. The summed E-state index contributed by atoms with van der Waals surface area (Å²) in [6, 6.07) is 42.8. The summed E-state index contributed by atoms with van der Waals surface area (Å²) < 4.78 is 2.27. The van der Waals surface area contributed by atoms with Gasteiger partial charge in [0.15, 0.2) is 17.5 Å². The van der Waals surface area contributed by atoms with Crippen molar-refractivity contribution in [1.29, 1.82) is 0 Å². The molecule has 0 unspecified atom stereocenters. The maximum absolute atomic E-state index is 6.42. The van der Waals surface area contributed by atoms with Gasteiger partial charge >= 0.3 is 0 Å². The summed E-state index contributed by atoms with van der Waals surface area (Å²) in [5.74, 6) is 1.91. The molecule has 5 aromatic carbocycles. The Morgan fingerprint density at radius 2 is 1.00 bits per heavy atom. The minimum atomic E-state index is 0.627. The molecule has 7 rings (SSSR count). The highest BCUT2D eigenvalue weighted by atomic mass is 35.5. The lowest BCUT2D eigenvalue weighted by Gasteiger charge is -2.10. The molecule has 0 aliphatic rings. The van der Waals surface area contributed by atoms with Crippen molar-refractivity contribution >= 4 is 33.4 Å². The molecule has 38 heavy (non-hydrogen) atoms. The highest BCUT2D eigenvalue weighted by Gasteiger charge is 2.16. The van der Waals surface area contributed by atoms with Gasteiger partial charge in [0.05, 0.1) is 11.0 Å². The maximum atomic E-state index is 6.42. The smallest absolute Gasteiger partial charge is 0.164 e. The third-order valence-corrected chi connectivity index (χ3v) is 6.94. The maximum Gasteiger partial charge on any atom is 0.164 e. The summed E-state index contributed by atoms with van der Waals surface area (Å²) in [6.07, 6.45) is 0. The molecule has 0 atom stereocenters.